The lowest BCUT2D eigenvalue weighted by Crippen LogP contribution is -2.48. The van der Waals surface area contributed by atoms with Crippen molar-refractivity contribution in [3.8, 4) is 0 Å². The third-order valence-electron chi connectivity index (χ3n) is 3.14. The SMILES string of the molecule is C=C(C)C1=c2c(ccc/c2=C/C)C(=O)N(C)C1=O. The predicted molar refractivity (Wildman–Crippen MR) is 71.2 cm³/mol. The predicted octanol–water partition coefficient (Wildman–Crippen LogP) is 0.826. The van der Waals surface area contributed by atoms with Crippen LogP contribution in [0.4, 0.5) is 0 Å². The number of rotatable bonds is 1. The Kier molecular flexibility index (Phi) is 2.91. The molecule has 0 aromatic heterocycles. The number of hydrogen-bond acceptors (Lipinski definition) is 2. The van der Waals surface area contributed by atoms with E-state index in [2.05, 4.69) is 6.58 Å². The molecule has 0 saturated carbocycles. The Morgan fingerprint density at radius 3 is 2.50 bits per heavy atom. The van der Waals surface area contributed by atoms with Gasteiger partial charge in [0, 0.05) is 17.8 Å². The van der Waals surface area contributed by atoms with Crippen LogP contribution in [0.2, 0.25) is 0 Å². The molecule has 0 spiro atoms. The van der Waals surface area contributed by atoms with Crippen molar-refractivity contribution in [3.05, 3.63) is 46.4 Å². The molecule has 2 amide bonds. The first-order valence-electron chi connectivity index (χ1n) is 5.77. The number of hydrogen-bond donors (Lipinski definition) is 0. The van der Waals surface area contributed by atoms with Crippen LogP contribution >= 0.6 is 0 Å². The minimum Gasteiger partial charge on any atom is -0.277 e. The van der Waals surface area contributed by atoms with Crippen LogP contribution in [0.3, 0.4) is 0 Å². The second kappa shape index (κ2) is 4.26. The summed E-state index contributed by atoms with van der Waals surface area (Å²) in [6, 6.07) is 5.47. The van der Waals surface area contributed by atoms with Gasteiger partial charge >= 0.3 is 0 Å². The van der Waals surface area contributed by atoms with Crippen molar-refractivity contribution in [2.24, 2.45) is 0 Å². The number of carbonyl (C=O) groups excluding carboxylic acids is 2. The molecule has 1 aliphatic heterocycles. The van der Waals surface area contributed by atoms with Gasteiger partial charge in [-0.25, -0.2) is 0 Å². The van der Waals surface area contributed by atoms with E-state index in [0.717, 1.165) is 10.1 Å². The van der Waals surface area contributed by atoms with Crippen molar-refractivity contribution in [2.75, 3.05) is 7.05 Å². The zero-order valence-corrected chi connectivity index (χ0v) is 10.8. The summed E-state index contributed by atoms with van der Waals surface area (Å²) in [5, 5.41) is 1.60. The van der Waals surface area contributed by atoms with Gasteiger partial charge in [0.15, 0.2) is 0 Å². The van der Waals surface area contributed by atoms with E-state index in [0.29, 0.717) is 21.9 Å². The molecule has 3 nitrogen and oxygen atoms in total. The van der Waals surface area contributed by atoms with Crippen LogP contribution in [-0.4, -0.2) is 23.8 Å². The number of benzene rings is 1. The standard InChI is InChI=1S/C15H15NO2/c1-5-10-7-6-8-11-13(10)12(9(2)3)15(18)16(4)14(11)17/h5-8H,2H2,1,3-4H3/b10-5-. The maximum Gasteiger partial charge on any atom is 0.261 e. The van der Waals surface area contributed by atoms with Gasteiger partial charge in [0.2, 0.25) is 0 Å². The Hall–Kier alpha value is -2.16. The Morgan fingerprint density at radius 2 is 1.94 bits per heavy atom. The molecule has 0 unspecified atom stereocenters. The van der Waals surface area contributed by atoms with Crippen molar-refractivity contribution in [1.29, 1.82) is 0 Å². The first kappa shape index (κ1) is 12.3. The quantitative estimate of drug-likeness (QED) is 0.683. The highest BCUT2D eigenvalue weighted by atomic mass is 16.2. The van der Waals surface area contributed by atoms with Crippen LogP contribution < -0.4 is 10.4 Å². The minimum atomic E-state index is -0.283. The molecule has 92 valence electrons. The Morgan fingerprint density at radius 1 is 1.28 bits per heavy atom. The van der Waals surface area contributed by atoms with Crippen molar-refractivity contribution >= 4 is 23.5 Å². The van der Waals surface area contributed by atoms with Gasteiger partial charge in [0.1, 0.15) is 0 Å². The Balaban J connectivity index is 3.08. The van der Waals surface area contributed by atoms with Gasteiger partial charge in [-0.15, -0.1) is 0 Å². The average molecular weight is 241 g/mol. The minimum absolute atomic E-state index is 0.260. The summed E-state index contributed by atoms with van der Waals surface area (Å²) in [6.45, 7) is 7.53. The third-order valence-corrected chi connectivity index (χ3v) is 3.14. The second-order valence-electron chi connectivity index (χ2n) is 4.38. The van der Waals surface area contributed by atoms with Crippen LogP contribution in [0.5, 0.6) is 0 Å². The number of fused-ring (bicyclic) bond motifs is 1. The highest BCUT2D eigenvalue weighted by Gasteiger charge is 2.29. The molecule has 1 aliphatic rings. The fraction of sp³-hybridized carbons (Fsp3) is 0.200. The van der Waals surface area contributed by atoms with E-state index in [1.165, 1.54) is 7.05 Å². The van der Waals surface area contributed by atoms with Crippen molar-refractivity contribution < 1.29 is 9.59 Å². The van der Waals surface area contributed by atoms with Crippen LogP contribution in [-0.2, 0) is 4.79 Å². The van der Waals surface area contributed by atoms with Crippen molar-refractivity contribution in [1.82, 2.24) is 4.90 Å². The summed E-state index contributed by atoms with van der Waals surface area (Å²) < 4.78 is 0. The molecule has 0 N–H and O–H groups in total. The number of amides is 2. The normalized spacial score (nSPS) is 16.1. The topological polar surface area (TPSA) is 37.4 Å². The van der Waals surface area contributed by atoms with E-state index in [4.69, 9.17) is 0 Å². The van der Waals surface area contributed by atoms with E-state index in [1.54, 1.807) is 13.0 Å². The van der Waals surface area contributed by atoms with E-state index in [1.807, 2.05) is 25.1 Å². The van der Waals surface area contributed by atoms with Gasteiger partial charge in [0.05, 0.1) is 5.57 Å². The molecule has 1 heterocycles. The lowest BCUT2D eigenvalue weighted by Gasteiger charge is -2.23. The van der Waals surface area contributed by atoms with Gasteiger partial charge in [-0.05, 0) is 30.7 Å². The van der Waals surface area contributed by atoms with E-state index < -0.39 is 0 Å². The van der Waals surface area contributed by atoms with Crippen molar-refractivity contribution in [2.45, 2.75) is 13.8 Å². The molecule has 18 heavy (non-hydrogen) atoms. The summed E-state index contributed by atoms with van der Waals surface area (Å²) in [5.74, 6) is -0.544. The van der Waals surface area contributed by atoms with Gasteiger partial charge in [-0.3, -0.25) is 14.5 Å². The van der Waals surface area contributed by atoms with Gasteiger partial charge in [-0.2, -0.15) is 0 Å². The maximum atomic E-state index is 12.2. The highest BCUT2D eigenvalue weighted by Crippen LogP contribution is 2.16. The summed E-state index contributed by atoms with van der Waals surface area (Å²) in [7, 11) is 1.50. The molecule has 0 saturated heterocycles. The molecular formula is C15H15NO2. The summed E-state index contributed by atoms with van der Waals surface area (Å²) in [6.07, 6.45) is 1.90. The summed E-state index contributed by atoms with van der Waals surface area (Å²) >= 11 is 0. The van der Waals surface area contributed by atoms with Crippen molar-refractivity contribution in [3.63, 3.8) is 0 Å². The van der Waals surface area contributed by atoms with Crippen LogP contribution in [0.1, 0.15) is 24.2 Å². The molecule has 3 heteroatoms. The molecule has 0 aliphatic carbocycles. The molecule has 0 atom stereocenters. The largest absolute Gasteiger partial charge is 0.277 e. The van der Waals surface area contributed by atoms with Gasteiger partial charge in [-0.1, -0.05) is 24.8 Å². The van der Waals surface area contributed by atoms with E-state index in [-0.39, 0.29) is 11.8 Å². The molecule has 1 aromatic rings. The lowest BCUT2D eigenvalue weighted by molar-refractivity contribution is -0.121. The highest BCUT2D eigenvalue weighted by molar-refractivity contribution is 6.27. The van der Waals surface area contributed by atoms with Crippen LogP contribution in [0, 0.1) is 0 Å². The van der Waals surface area contributed by atoms with Crippen LogP contribution in [0.15, 0.2) is 30.4 Å². The second-order valence-corrected chi connectivity index (χ2v) is 4.38. The van der Waals surface area contributed by atoms with E-state index >= 15 is 0 Å². The molecule has 0 radical (unpaired) electrons. The van der Waals surface area contributed by atoms with Crippen LogP contribution in [0.25, 0.3) is 11.6 Å². The molecular weight excluding hydrogens is 226 g/mol. The zero-order valence-electron chi connectivity index (χ0n) is 10.8. The number of imide groups is 1. The fourth-order valence-electron chi connectivity index (χ4n) is 2.21. The van der Waals surface area contributed by atoms with E-state index in [9.17, 15) is 9.59 Å². The number of carbonyl (C=O) groups is 2. The maximum absolute atomic E-state index is 12.2. The molecule has 0 bridgehead atoms. The summed E-state index contributed by atoms with van der Waals surface area (Å²) in [4.78, 5) is 25.5. The molecule has 0 fully saturated rings. The van der Waals surface area contributed by atoms with Gasteiger partial charge < -0.3 is 0 Å². The molecule has 2 rings (SSSR count). The number of nitrogens with zero attached hydrogens (tertiary/aromatic N) is 1. The zero-order chi connectivity index (χ0) is 13.4. The van der Waals surface area contributed by atoms with Gasteiger partial charge in [0.25, 0.3) is 11.8 Å². The first-order valence-corrected chi connectivity index (χ1v) is 5.77. The smallest absolute Gasteiger partial charge is 0.261 e. The summed E-state index contributed by atoms with van der Waals surface area (Å²) in [5.41, 5.74) is 1.77. The fourth-order valence-corrected chi connectivity index (χ4v) is 2.21. The Bertz CT molecular complexity index is 683. The first-order chi connectivity index (χ1) is 8.49. The molecule has 1 aromatic carbocycles. The average Bonchev–Trinajstić information content (AvgIpc) is 2.35. The third kappa shape index (κ3) is 1.59. The monoisotopic (exact) mass is 241 g/mol. The Labute approximate surface area is 106 Å². The lowest BCUT2D eigenvalue weighted by atomic mass is 9.95.